The van der Waals surface area contributed by atoms with Crippen molar-refractivity contribution in [1.29, 1.82) is 0 Å². The van der Waals surface area contributed by atoms with Gasteiger partial charge in [0.2, 0.25) is 0 Å². The van der Waals surface area contributed by atoms with E-state index in [2.05, 4.69) is 24.3 Å². The third-order valence-electron chi connectivity index (χ3n) is 5.15. The van der Waals surface area contributed by atoms with Gasteiger partial charge in [0.15, 0.2) is 14.7 Å². The first-order valence-electron chi connectivity index (χ1n) is 10.4. The maximum Gasteiger partial charge on any atom is 0.338 e. The van der Waals surface area contributed by atoms with Crippen LogP contribution in [0.4, 0.5) is 4.39 Å². The third kappa shape index (κ3) is 4.92. The van der Waals surface area contributed by atoms with E-state index < -0.39 is 11.6 Å². The first-order chi connectivity index (χ1) is 15.4. The van der Waals surface area contributed by atoms with Crippen molar-refractivity contribution < 1.29 is 13.9 Å². The van der Waals surface area contributed by atoms with Gasteiger partial charge in [-0.05, 0) is 80.1 Å². The van der Waals surface area contributed by atoms with E-state index in [4.69, 9.17) is 4.74 Å². The minimum atomic E-state index is -0.948. The maximum atomic E-state index is 13.6. The molecule has 4 aromatic rings. The normalized spacial score (nSPS) is 11.4. The van der Waals surface area contributed by atoms with E-state index in [1.807, 2.05) is 48.5 Å². The van der Waals surface area contributed by atoms with Gasteiger partial charge in [-0.1, -0.05) is 48.5 Å². The molecule has 4 rings (SSSR count). The molecule has 0 N–H and O–H groups in total. The minimum absolute atomic E-state index is 0.281. The van der Waals surface area contributed by atoms with Gasteiger partial charge in [0, 0.05) is 0 Å². The molecule has 0 aromatic heterocycles. The third-order valence-corrected chi connectivity index (χ3v) is 7.38. The topological polar surface area (TPSA) is 26.3 Å². The number of ether oxygens (including phenoxy) is 1. The summed E-state index contributed by atoms with van der Waals surface area (Å²) in [6, 6.07) is 34.4. The highest BCUT2D eigenvalue weighted by atomic mass is 32.2. The van der Waals surface area contributed by atoms with Crippen LogP contribution < -0.4 is 0 Å². The molecule has 0 saturated heterocycles. The van der Waals surface area contributed by atoms with Gasteiger partial charge < -0.3 is 4.74 Å². The minimum Gasteiger partial charge on any atom is -0.451 e. The first kappa shape index (κ1) is 21.8. The van der Waals surface area contributed by atoms with Crippen LogP contribution in [0.2, 0.25) is 0 Å². The van der Waals surface area contributed by atoms with Gasteiger partial charge in [-0.15, -0.1) is 0 Å². The molecule has 0 spiro atoms. The molecule has 4 aromatic carbocycles. The predicted molar refractivity (Wildman–Crippen MR) is 126 cm³/mol. The van der Waals surface area contributed by atoms with Crippen molar-refractivity contribution in [3.63, 3.8) is 0 Å². The Labute approximate surface area is 191 Å². The van der Waals surface area contributed by atoms with E-state index in [1.54, 1.807) is 38.1 Å². The number of rotatable bonds is 6. The zero-order valence-corrected chi connectivity index (χ0v) is 18.8. The SMILES string of the molecule is CC(C)(OC(=O)c1ccc([S+](c2ccccc2)c2ccccc2)cc1)c1cccc(F)c1. The van der Waals surface area contributed by atoms with Crippen molar-refractivity contribution in [2.45, 2.75) is 34.1 Å². The lowest BCUT2D eigenvalue weighted by molar-refractivity contribution is -0.00326. The fourth-order valence-corrected chi connectivity index (χ4v) is 5.54. The Morgan fingerprint density at radius 3 is 1.78 bits per heavy atom. The van der Waals surface area contributed by atoms with E-state index in [0.717, 1.165) is 4.90 Å². The molecule has 0 aliphatic rings. The lowest BCUT2D eigenvalue weighted by Crippen LogP contribution is -2.25. The maximum absolute atomic E-state index is 13.6. The molecule has 2 nitrogen and oxygen atoms in total. The zero-order valence-electron chi connectivity index (χ0n) is 18.0. The van der Waals surface area contributed by atoms with Crippen molar-refractivity contribution in [3.8, 4) is 0 Å². The fourth-order valence-electron chi connectivity index (χ4n) is 3.46. The molecule has 0 heterocycles. The van der Waals surface area contributed by atoms with Crippen molar-refractivity contribution in [1.82, 2.24) is 0 Å². The zero-order chi connectivity index (χ0) is 22.6. The summed E-state index contributed by atoms with van der Waals surface area (Å²) in [5.41, 5.74) is 0.121. The Morgan fingerprint density at radius 1 is 0.719 bits per heavy atom. The van der Waals surface area contributed by atoms with E-state index in [-0.39, 0.29) is 16.7 Å². The summed E-state index contributed by atoms with van der Waals surface area (Å²) in [6.07, 6.45) is 0. The number of halogens is 1. The second-order valence-corrected chi connectivity index (χ2v) is 9.89. The van der Waals surface area contributed by atoms with Crippen molar-refractivity contribution in [2.24, 2.45) is 0 Å². The van der Waals surface area contributed by atoms with Crippen LogP contribution in [0.5, 0.6) is 0 Å². The highest BCUT2D eigenvalue weighted by Gasteiger charge is 2.30. The predicted octanol–water partition coefficient (Wildman–Crippen LogP) is 7.01. The van der Waals surface area contributed by atoms with Gasteiger partial charge in [0.05, 0.1) is 16.5 Å². The highest BCUT2D eigenvalue weighted by molar-refractivity contribution is 7.97. The molecule has 0 amide bonds. The van der Waals surface area contributed by atoms with Crippen LogP contribution in [-0.2, 0) is 21.2 Å². The molecule has 0 aliphatic heterocycles. The molecular weight excluding hydrogens is 419 g/mol. The van der Waals surface area contributed by atoms with Crippen LogP contribution >= 0.6 is 0 Å². The number of carbonyl (C=O) groups excluding carboxylic acids is 1. The number of carbonyl (C=O) groups is 1. The Hall–Kier alpha value is -3.37. The molecule has 160 valence electrons. The van der Waals surface area contributed by atoms with Crippen LogP contribution in [0.1, 0.15) is 29.8 Å². The Morgan fingerprint density at radius 2 is 1.25 bits per heavy atom. The van der Waals surface area contributed by atoms with Crippen LogP contribution in [0.25, 0.3) is 0 Å². The number of esters is 1. The number of benzene rings is 4. The van der Waals surface area contributed by atoms with Gasteiger partial charge in [0.1, 0.15) is 11.4 Å². The monoisotopic (exact) mass is 443 g/mol. The Balaban J connectivity index is 1.59. The summed E-state index contributed by atoms with van der Waals surface area (Å²) in [4.78, 5) is 16.4. The highest BCUT2D eigenvalue weighted by Crippen LogP contribution is 2.32. The summed E-state index contributed by atoms with van der Waals surface area (Å²) in [7, 11) is -0.281. The van der Waals surface area contributed by atoms with Crippen LogP contribution in [-0.4, -0.2) is 5.97 Å². The van der Waals surface area contributed by atoms with Gasteiger partial charge in [-0.25, -0.2) is 9.18 Å². The largest absolute Gasteiger partial charge is 0.451 e. The van der Waals surface area contributed by atoms with Crippen molar-refractivity contribution in [2.75, 3.05) is 0 Å². The molecule has 0 saturated carbocycles. The summed E-state index contributed by atoms with van der Waals surface area (Å²) < 4.78 is 19.3. The summed E-state index contributed by atoms with van der Waals surface area (Å²) >= 11 is 0. The van der Waals surface area contributed by atoms with Crippen LogP contribution in [0, 0.1) is 5.82 Å². The van der Waals surface area contributed by atoms with Crippen LogP contribution in [0.15, 0.2) is 124 Å². The summed E-state index contributed by atoms with van der Waals surface area (Å²) in [5.74, 6) is -0.796. The molecule has 32 heavy (non-hydrogen) atoms. The Bertz CT molecular complexity index is 1150. The fraction of sp³-hybridized carbons (Fsp3) is 0.107. The first-order valence-corrected chi connectivity index (χ1v) is 11.6. The molecular formula is C28H24FO2S+. The quantitative estimate of drug-likeness (QED) is 0.237. The smallest absolute Gasteiger partial charge is 0.338 e. The van der Waals surface area contributed by atoms with E-state index >= 15 is 0 Å². The van der Waals surface area contributed by atoms with E-state index in [0.29, 0.717) is 11.1 Å². The Kier molecular flexibility index (Phi) is 6.42. The van der Waals surface area contributed by atoms with E-state index in [1.165, 1.54) is 21.9 Å². The molecule has 0 unspecified atom stereocenters. The molecule has 0 fully saturated rings. The number of hydrogen-bond acceptors (Lipinski definition) is 2. The summed E-state index contributed by atoms with van der Waals surface area (Å²) in [5, 5.41) is 0. The molecule has 0 aliphatic carbocycles. The lowest BCUT2D eigenvalue weighted by Gasteiger charge is -2.25. The number of hydrogen-bond donors (Lipinski definition) is 0. The van der Waals surface area contributed by atoms with Gasteiger partial charge in [-0.2, -0.15) is 0 Å². The van der Waals surface area contributed by atoms with Crippen molar-refractivity contribution >= 4 is 16.9 Å². The van der Waals surface area contributed by atoms with Crippen LogP contribution in [0.3, 0.4) is 0 Å². The molecule has 0 radical (unpaired) electrons. The van der Waals surface area contributed by atoms with Gasteiger partial charge in [-0.3, -0.25) is 0 Å². The van der Waals surface area contributed by atoms with Gasteiger partial charge in [0.25, 0.3) is 0 Å². The van der Waals surface area contributed by atoms with Gasteiger partial charge >= 0.3 is 5.97 Å². The second-order valence-electron chi connectivity index (χ2n) is 7.87. The lowest BCUT2D eigenvalue weighted by atomic mass is 9.98. The van der Waals surface area contributed by atoms with E-state index in [9.17, 15) is 9.18 Å². The molecule has 4 heteroatoms. The second kappa shape index (κ2) is 9.41. The standard InChI is InChI=1S/C28H24FO2S/c1-28(2,22-10-9-11-23(29)20-22)31-27(30)21-16-18-26(19-17-21)32(24-12-5-3-6-13-24)25-14-7-4-8-15-25/h3-20H,1-2H3/q+1. The van der Waals surface area contributed by atoms with Crippen molar-refractivity contribution in [3.05, 3.63) is 126 Å². The molecule has 0 atom stereocenters. The summed E-state index contributed by atoms with van der Waals surface area (Å²) in [6.45, 7) is 3.52. The average molecular weight is 444 g/mol. The average Bonchev–Trinajstić information content (AvgIpc) is 2.81. The molecule has 0 bridgehead atoms.